The molecule has 0 aliphatic rings. The quantitative estimate of drug-likeness (QED) is 0.639. The summed E-state index contributed by atoms with van der Waals surface area (Å²) in [6, 6.07) is 20.0. The molecule has 0 unspecified atom stereocenters. The van der Waals surface area contributed by atoms with Gasteiger partial charge in [0.15, 0.2) is 0 Å². The highest BCUT2D eigenvalue weighted by atomic mass is 16.5. The Morgan fingerprint density at radius 1 is 0.966 bits per heavy atom. The van der Waals surface area contributed by atoms with E-state index < -0.39 is 0 Å². The molecule has 0 saturated carbocycles. The molecule has 6 nitrogen and oxygen atoms in total. The topological polar surface area (TPSA) is 80.3 Å². The summed E-state index contributed by atoms with van der Waals surface area (Å²) in [4.78, 5) is 28.6. The maximum Gasteiger partial charge on any atom is 0.274 e. The van der Waals surface area contributed by atoms with Gasteiger partial charge in [-0.2, -0.15) is 0 Å². The number of hydrogen-bond acceptors (Lipinski definition) is 4. The molecule has 0 atom stereocenters. The molecular formula is C23H23N3O3. The summed E-state index contributed by atoms with van der Waals surface area (Å²) >= 11 is 0. The Morgan fingerprint density at radius 2 is 1.69 bits per heavy atom. The number of amides is 2. The fourth-order valence-corrected chi connectivity index (χ4v) is 2.61. The van der Waals surface area contributed by atoms with Gasteiger partial charge in [-0.05, 0) is 55.8 Å². The van der Waals surface area contributed by atoms with Crippen molar-refractivity contribution in [3.8, 4) is 5.75 Å². The van der Waals surface area contributed by atoms with Gasteiger partial charge in [0, 0.05) is 23.5 Å². The van der Waals surface area contributed by atoms with Crippen LogP contribution in [0.15, 0.2) is 72.9 Å². The molecule has 2 amide bonds. The normalized spacial score (nSPS) is 10.4. The van der Waals surface area contributed by atoms with E-state index in [1.807, 2.05) is 44.2 Å². The third kappa shape index (κ3) is 5.90. The van der Waals surface area contributed by atoms with Gasteiger partial charge in [-0.1, -0.05) is 30.3 Å². The number of aromatic nitrogens is 1. The zero-order chi connectivity index (χ0) is 20.6. The highest BCUT2D eigenvalue weighted by molar-refractivity contribution is 6.04. The minimum Gasteiger partial charge on any atom is -0.489 e. The number of pyridine rings is 1. The Morgan fingerprint density at radius 3 is 2.38 bits per heavy atom. The average Bonchev–Trinajstić information content (AvgIpc) is 2.73. The number of hydrogen-bond donors (Lipinski definition) is 2. The molecule has 0 saturated heterocycles. The van der Waals surface area contributed by atoms with Crippen LogP contribution in [0.4, 0.5) is 5.69 Å². The first kappa shape index (κ1) is 20.1. The third-order valence-electron chi connectivity index (χ3n) is 4.04. The number of benzene rings is 2. The molecule has 0 aliphatic carbocycles. The summed E-state index contributed by atoms with van der Waals surface area (Å²) in [6.07, 6.45) is 1.45. The number of rotatable bonds is 7. The van der Waals surface area contributed by atoms with Crippen LogP contribution in [0.25, 0.3) is 0 Å². The smallest absolute Gasteiger partial charge is 0.274 e. The fourth-order valence-electron chi connectivity index (χ4n) is 2.61. The monoisotopic (exact) mass is 389 g/mol. The lowest BCUT2D eigenvalue weighted by molar-refractivity contribution is 0.0943. The Bertz CT molecular complexity index is 970. The average molecular weight is 389 g/mol. The summed E-state index contributed by atoms with van der Waals surface area (Å²) in [5, 5.41) is 5.57. The van der Waals surface area contributed by atoms with Gasteiger partial charge in [0.2, 0.25) is 0 Å². The van der Waals surface area contributed by atoms with E-state index >= 15 is 0 Å². The Labute approximate surface area is 169 Å². The minimum absolute atomic E-state index is 0.00978. The number of nitrogens with one attached hydrogen (secondary N) is 2. The highest BCUT2D eigenvalue weighted by Crippen LogP contribution is 2.18. The van der Waals surface area contributed by atoms with Crippen LogP contribution in [0.5, 0.6) is 5.75 Å². The van der Waals surface area contributed by atoms with Gasteiger partial charge in [-0.3, -0.25) is 14.6 Å². The van der Waals surface area contributed by atoms with Crippen LogP contribution in [0.1, 0.15) is 40.3 Å². The van der Waals surface area contributed by atoms with Gasteiger partial charge in [-0.15, -0.1) is 0 Å². The van der Waals surface area contributed by atoms with E-state index in [0.717, 1.165) is 5.56 Å². The van der Waals surface area contributed by atoms with E-state index in [9.17, 15) is 9.59 Å². The first-order valence-electron chi connectivity index (χ1n) is 9.36. The Balaban J connectivity index is 1.60. The molecule has 2 aromatic carbocycles. The molecular weight excluding hydrogens is 366 g/mol. The number of ether oxygens (including phenoxy) is 1. The lowest BCUT2D eigenvalue weighted by atomic mass is 10.2. The van der Waals surface area contributed by atoms with Crippen LogP contribution >= 0.6 is 0 Å². The molecule has 0 spiro atoms. The van der Waals surface area contributed by atoms with Gasteiger partial charge in [0.05, 0.1) is 0 Å². The van der Waals surface area contributed by atoms with Crippen molar-refractivity contribution in [3.63, 3.8) is 0 Å². The van der Waals surface area contributed by atoms with Crippen LogP contribution in [0.3, 0.4) is 0 Å². The van der Waals surface area contributed by atoms with Crippen molar-refractivity contribution >= 4 is 17.5 Å². The summed E-state index contributed by atoms with van der Waals surface area (Å²) in [6.45, 7) is 4.22. The van der Waals surface area contributed by atoms with Crippen molar-refractivity contribution in [2.24, 2.45) is 0 Å². The predicted octanol–water partition coefficient (Wildman–Crippen LogP) is 4.05. The lowest BCUT2D eigenvalue weighted by Gasteiger charge is -2.10. The van der Waals surface area contributed by atoms with Crippen LogP contribution < -0.4 is 15.4 Å². The van der Waals surface area contributed by atoms with Crippen molar-refractivity contribution in [1.82, 2.24) is 10.3 Å². The number of carbonyl (C=O) groups is 2. The fraction of sp³-hybridized carbons (Fsp3) is 0.174. The third-order valence-corrected chi connectivity index (χ3v) is 4.04. The molecule has 0 bridgehead atoms. The molecule has 0 aliphatic heterocycles. The molecule has 3 aromatic rings. The Kier molecular flexibility index (Phi) is 6.58. The van der Waals surface area contributed by atoms with Crippen LogP contribution in [0.2, 0.25) is 0 Å². The van der Waals surface area contributed by atoms with Crippen LogP contribution in [-0.4, -0.2) is 22.8 Å². The second-order valence-electron chi connectivity index (χ2n) is 6.81. The van der Waals surface area contributed by atoms with E-state index in [1.54, 1.807) is 30.3 Å². The summed E-state index contributed by atoms with van der Waals surface area (Å²) in [7, 11) is 0. The standard InChI is InChI=1S/C23H23N3O3/c1-16(2)25-22(27)18-12-13-24-21(14-18)23(28)26-19-8-10-20(11-9-19)29-15-17-6-4-3-5-7-17/h3-14,16H,15H2,1-2H3,(H,25,27)(H,26,28). The first-order valence-corrected chi connectivity index (χ1v) is 9.36. The van der Waals surface area contributed by atoms with Gasteiger partial charge in [0.25, 0.3) is 11.8 Å². The molecule has 1 heterocycles. The molecule has 29 heavy (non-hydrogen) atoms. The van der Waals surface area contributed by atoms with E-state index in [2.05, 4.69) is 15.6 Å². The SMILES string of the molecule is CC(C)NC(=O)c1ccnc(C(=O)Nc2ccc(OCc3ccccc3)cc2)c1. The van der Waals surface area contributed by atoms with Crippen molar-refractivity contribution in [1.29, 1.82) is 0 Å². The van der Waals surface area contributed by atoms with Crippen LogP contribution in [-0.2, 0) is 6.61 Å². The maximum absolute atomic E-state index is 12.5. The van der Waals surface area contributed by atoms with Gasteiger partial charge in [-0.25, -0.2) is 0 Å². The van der Waals surface area contributed by atoms with E-state index in [0.29, 0.717) is 23.6 Å². The Hall–Kier alpha value is -3.67. The van der Waals surface area contributed by atoms with E-state index in [4.69, 9.17) is 4.74 Å². The van der Waals surface area contributed by atoms with Gasteiger partial charge < -0.3 is 15.4 Å². The van der Waals surface area contributed by atoms with Crippen molar-refractivity contribution in [2.75, 3.05) is 5.32 Å². The first-order chi connectivity index (χ1) is 14.0. The van der Waals surface area contributed by atoms with Crippen molar-refractivity contribution in [2.45, 2.75) is 26.5 Å². The zero-order valence-electron chi connectivity index (χ0n) is 16.4. The molecule has 148 valence electrons. The van der Waals surface area contributed by atoms with E-state index in [-0.39, 0.29) is 23.6 Å². The summed E-state index contributed by atoms with van der Waals surface area (Å²) in [5.74, 6) is 0.0795. The largest absolute Gasteiger partial charge is 0.489 e. The predicted molar refractivity (Wildman–Crippen MR) is 112 cm³/mol. The maximum atomic E-state index is 12.5. The minimum atomic E-state index is -0.387. The van der Waals surface area contributed by atoms with Crippen LogP contribution in [0, 0.1) is 0 Å². The van der Waals surface area contributed by atoms with Gasteiger partial charge in [0.1, 0.15) is 18.1 Å². The van der Waals surface area contributed by atoms with Crippen molar-refractivity contribution in [3.05, 3.63) is 89.7 Å². The molecule has 1 aromatic heterocycles. The molecule has 0 fully saturated rings. The molecule has 2 N–H and O–H groups in total. The number of nitrogens with zero attached hydrogens (tertiary/aromatic N) is 1. The van der Waals surface area contributed by atoms with Crippen molar-refractivity contribution < 1.29 is 14.3 Å². The molecule has 6 heteroatoms. The van der Waals surface area contributed by atoms with Gasteiger partial charge >= 0.3 is 0 Å². The number of carbonyl (C=O) groups excluding carboxylic acids is 2. The van der Waals surface area contributed by atoms with E-state index in [1.165, 1.54) is 12.3 Å². The molecule has 0 radical (unpaired) electrons. The lowest BCUT2D eigenvalue weighted by Crippen LogP contribution is -2.30. The molecule has 3 rings (SSSR count). The summed E-state index contributed by atoms with van der Waals surface area (Å²) < 4.78 is 5.74. The zero-order valence-corrected chi connectivity index (χ0v) is 16.4. The highest BCUT2D eigenvalue weighted by Gasteiger charge is 2.13. The second kappa shape index (κ2) is 9.50. The second-order valence-corrected chi connectivity index (χ2v) is 6.81. The summed E-state index contributed by atoms with van der Waals surface area (Å²) in [5.41, 5.74) is 2.26. The number of anilines is 1.